The molecule has 25 heavy (non-hydrogen) atoms. The molecule has 0 N–H and O–H groups in total. The second-order valence-corrected chi connectivity index (χ2v) is 6.39. The monoisotopic (exact) mass is 356 g/mol. The van der Waals surface area contributed by atoms with Gasteiger partial charge in [-0.1, -0.05) is 29.5 Å². The lowest BCUT2D eigenvalue weighted by atomic mass is 10.1. The number of benzene rings is 2. The Labute approximate surface area is 151 Å². The molecule has 2 aromatic carbocycles. The minimum absolute atomic E-state index is 0.537. The Morgan fingerprint density at radius 2 is 1.60 bits per heavy atom. The van der Waals surface area contributed by atoms with E-state index >= 15 is 0 Å². The van der Waals surface area contributed by atoms with Gasteiger partial charge in [0.25, 0.3) is 5.22 Å². The van der Waals surface area contributed by atoms with E-state index in [1.54, 1.807) is 0 Å². The smallest absolute Gasteiger partial charge is 0.276 e. The van der Waals surface area contributed by atoms with E-state index in [1.807, 2.05) is 62.4 Å². The molecule has 0 atom stereocenters. The van der Waals surface area contributed by atoms with Crippen LogP contribution >= 0.6 is 11.8 Å². The van der Waals surface area contributed by atoms with Crippen LogP contribution in [0.4, 0.5) is 0 Å². The summed E-state index contributed by atoms with van der Waals surface area (Å²) in [6, 6.07) is 15.6. The fourth-order valence-electron chi connectivity index (χ4n) is 2.17. The van der Waals surface area contributed by atoms with Gasteiger partial charge in [0.1, 0.15) is 11.5 Å². The molecule has 0 saturated heterocycles. The summed E-state index contributed by atoms with van der Waals surface area (Å²) in [7, 11) is 0. The van der Waals surface area contributed by atoms with Crippen molar-refractivity contribution in [2.45, 2.75) is 19.1 Å². The number of ether oxygens (including phenoxy) is 2. The maximum atomic E-state index is 5.70. The van der Waals surface area contributed by atoms with Crippen LogP contribution in [0.15, 0.2) is 58.2 Å². The Hall–Kier alpha value is -2.47. The summed E-state index contributed by atoms with van der Waals surface area (Å²) in [5.41, 5.74) is 2.12. The van der Waals surface area contributed by atoms with Crippen molar-refractivity contribution in [3.63, 3.8) is 0 Å². The van der Waals surface area contributed by atoms with E-state index in [-0.39, 0.29) is 0 Å². The van der Waals surface area contributed by atoms with Crippen LogP contribution in [0.2, 0.25) is 0 Å². The van der Waals surface area contributed by atoms with Crippen LogP contribution < -0.4 is 9.47 Å². The maximum Gasteiger partial charge on any atom is 0.276 e. The molecule has 0 aliphatic heterocycles. The quantitative estimate of drug-likeness (QED) is 0.434. The van der Waals surface area contributed by atoms with Gasteiger partial charge in [0, 0.05) is 11.3 Å². The van der Waals surface area contributed by atoms with Gasteiger partial charge < -0.3 is 13.9 Å². The van der Waals surface area contributed by atoms with E-state index in [1.165, 1.54) is 17.3 Å². The van der Waals surface area contributed by atoms with Crippen molar-refractivity contribution in [3.8, 4) is 23.0 Å². The number of aromatic nitrogens is 2. The molecule has 3 rings (SSSR count). The number of hydrogen-bond acceptors (Lipinski definition) is 6. The maximum absolute atomic E-state index is 5.70. The predicted octanol–water partition coefficient (Wildman–Crippen LogP) is 4.61. The van der Waals surface area contributed by atoms with E-state index in [2.05, 4.69) is 10.2 Å². The molecule has 3 aromatic rings. The third-order valence-electron chi connectivity index (χ3n) is 3.42. The Bertz CT molecular complexity index is 785. The fourth-order valence-corrected chi connectivity index (χ4v) is 2.75. The van der Waals surface area contributed by atoms with Crippen LogP contribution in [0.1, 0.15) is 12.5 Å². The van der Waals surface area contributed by atoms with Gasteiger partial charge in [-0.05, 0) is 50.2 Å². The van der Waals surface area contributed by atoms with Crippen molar-refractivity contribution < 1.29 is 13.9 Å². The highest BCUT2D eigenvalue weighted by atomic mass is 32.2. The van der Waals surface area contributed by atoms with Gasteiger partial charge in [-0.3, -0.25) is 0 Å². The van der Waals surface area contributed by atoms with E-state index in [0.29, 0.717) is 24.3 Å². The lowest BCUT2D eigenvalue weighted by Gasteiger charge is -2.06. The molecule has 0 aliphatic carbocycles. The first-order valence-corrected chi connectivity index (χ1v) is 9.12. The highest BCUT2D eigenvalue weighted by Gasteiger charge is 2.08. The van der Waals surface area contributed by atoms with E-state index < -0.39 is 0 Å². The molecule has 0 saturated carbocycles. The SMILES string of the molecule is CCOc1ccc(OCCSc2nnc(-c3ccc(C)cc3)o2)cc1. The Balaban J connectivity index is 1.45. The van der Waals surface area contributed by atoms with Crippen molar-refractivity contribution >= 4 is 11.8 Å². The summed E-state index contributed by atoms with van der Waals surface area (Å²) in [5, 5.41) is 8.70. The number of rotatable bonds is 8. The van der Waals surface area contributed by atoms with Crippen LogP contribution in [0.5, 0.6) is 11.5 Å². The van der Waals surface area contributed by atoms with Crippen LogP contribution in [0.25, 0.3) is 11.5 Å². The highest BCUT2D eigenvalue weighted by Crippen LogP contribution is 2.24. The Morgan fingerprint density at radius 3 is 2.28 bits per heavy atom. The minimum Gasteiger partial charge on any atom is -0.494 e. The normalized spacial score (nSPS) is 10.6. The summed E-state index contributed by atoms with van der Waals surface area (Å²) in [4.78, 5) is 0. The van der Waals surface area contributed by atoms with Crippen LogP contribution in [0.3, 0.4) is 0 Å². The molecule has 0 unspecified atom stereocenters. The summed E-state index contributed by atoms with van der Waals surface area (Å²) < 4.78 is 16.8. The minimum atomic E-state index is 0.537. The van der Waals surface area contributed by atoms with Crippen LogP contribution in [-0.4, -0.2) is 29.2 Å². The van der Waals surface area contributed by atoms with Gasteiger partial charge in [-0.2, -0.15) is 0 Å². The molecule has 0 radical (unpaired) electrons. The molecule has 1 heterocycles. The molecular formula is C19H20N2O3S. The zero-order valence-electron chi connectivity index (χ0n) is 14.3. The summed E-state index contributed by atoms with van der Waals surface area (Å²) >= 11 is 1.48. The van der Waals surface area contributed by atoms with Crippen molar-refractivity contribution in [1.82, 2.24) is 10.2 Å². The van der Waals surface area contributed by atoms with Crippen molar-refractivity contribution in [1.29, 1.82) is 0 Å². The number of aryl methyl sites for hydroxylation is 1. The number of nitrogens with zero attached hydrogens (tertiary/aromatic N) is 2. The molecule has 0 fully saturated rings. The Kier molecular flexibility index (Phi) is 5.95. The highest BCUT2D eigenvalue weighted by molar-refractivity contribution is 7.99. The van der Waals surface area contributed by atoms with Gasteiger partial charge in [-0.15, -0.1) is 10.2 Å². The standard InChI is InChI=1S/C19H20N2O3S/c1-3-22-16-8-10-17(11-9-16)23-12-13-25-19-21-20-18(24-19)15-6-4-14(2)5-7-15/h4-11H,3,12-13H2,1-2H3. The first-order chi connectivity index (χ1) is 12.2. The molecule has 0 bridgehead atoms. The lowest BCUT2D eigenvalue weighted by Crippen LogP contribution is -2.00. The fraction of sp³-hybridized carbons (Fsp3) is 0.263. The molecule has 130 valence electrons. The molecule has 5 nitrogen and oxygen atoms in total. The second kappa shape index (κ2) is 8.58. The van der Waals surface area contributed by atoms with Gasteiger partial charge in [0.2, 0.25) is 5.89 Å². The average Bonchev–Trinajstić information content (AvgIpc) is 3.10. The van der Waals surface area contributed by atoms with E-state index in [4.69, 9.17) is 13.9 Å². The van der Waals surface area contributed by atoms with Crippen molar-refractivity contribution in [3.05, 3.63) is 54.1 Å². The zero-order valence-corrected chi connectivity index (χ0v) is 15.1. The lowest BCUT2D eigenvalue weighted by molar-refractivity contribution is 0.332. The predicted molar refractivity (Wildman–Crippen MR) is 98.3 cm³/mol. The van der Waals surface area contributed by atoms with E-state index in [0.717, 1.165) is 22.8 Å². The van der Waals surface area contributed by atoms with Gasteiger partial charge in [-0.25, -0.2) is 0 Å². The number of thioether (sulfide) groups is 1. The van der Waals surface area contributed by atoms with E-state index in [9.17, 15) is 0 Å². The average molecular weight is 356 g/mol. The topological polar surface area (TPSA) is 57.4 Å². The van der Waals surface area contributed by atoms with Gasteiger partial charge in [0.05, 0.1) is 13.2 Å². The summed E-state index contributed by atoms with van der Waals surface area (Å²) in [5.74, 6) is 2.92. The van der Waals surface area contributed by atoms with Crippen LogP contribution in [-0.2, 0) is 0 Å². The molecule has 6 heteroatoms. The first kappa shape index (κ1) is 17.4. The molecule has 0 spiro atoms. The largest absolute Gasteiger partial charge is 0.494 e. The van der Waals surface area contributed by atoms with Gasteiger partial charge >= 0.3 is 0 Å². The zero-order chi connectivity index (χ0) is 17.5. The summed E-state index contributed by atoms with van der Waals surface area (Å²) in [6.07, 6.45) is 0. The number of hydrogen-bond donors (Lipinski definition) is 0. The third kappa shape index (κ3) is 5.00. The van der Waals surface area contributed by atoms with Crippen molar-refractivity contribution in [2.75, 3.05) is 19.0 Å². The molecular weight excluding hydrogens is 336 g/mol. The van der Waals surface area contributed by atoms with Gasteiger partial charge in [0.15, 0.2) is 0 Å². The second-order valence-electron chi connectivity index (χ2n) is 5.34. The summed E-state index contributed by atoms with van der Waals surface area (Å²) in [6.45, 7) is 5.22. The first-order valence-electron chi connectivity index (χ1n) is 8.13. The third-order valence-corrected chi connectivity index (χ3v) is 4.20. The van der Waals surface area contributed by atoms with Crippen molar-refractivity contribution in [2.24, 2.45) is 0 Å². The van der Waals surface area contributed by atoms with Crippen LogP contribution in [0, 0.1) is 6.92 Å². The molecule has 0 amide bonds. The molecule has 1 aromatic heterocycles. The Morgan fingerprint density at radius 1 is 0.920 bits per heavy atom. The molecule has 0 aliphatic rings.